The van der Waals surface area contributed by atoms with Crippen molar-refractivity contribution >= 4 is 11.7 Å². The van der Waals surface area contributed by atoms with Gasteiger partial charge in [-0.25, -0.2) is 4.79 Å². The minimum absolute atomic E-state index is 0.110. The summed E-state index contributed by atoms with van der Waals surface area (Å²) in [4.78, 5) is 34.7. The van der Waals surface area contributed by atoms with Gasteiger partial charge in [0.05, 0.1) is 4.92 Å². The molecular formula is C12H8N2O5. The fourth-order valence-corrected chi connectivity index (χ4v) is 1.60. The van der Waals surface area contributed by atoms with Crippen LogP contribution in [0.15, 0.2) is 41.2 Å². The maximum Gasteiger partial charge on any atom is 0.341 e. The summed E-state index contributed by atoms with van der Waals surface area (Å²) in [5.74, 6) is -1.33. The van der Waals surface area contributed by atoms with E-state index in [0.717, 1.165) is 6.07 Å². The maximum absolute atomic E-state index is 11.5. The van der Waals surface area contributed by atoms with Crippen molar-refractivity contribution < 1.29 is 14.8 Å². The third-order valence-corrected chi connectivity index (χ3v) is 2.51. The van der Waals surface area contributed by atoms with Crippen LogP contribution in [-0.4, -0.2) is 21.0 Å². The molecule has 0 saturated carbocycles. The van der Waals surface area contributed by atoms with Crippen LogP contribution in [0.4, 0.5) is 5.69 Å². The Morgan fingerprint density at radius 3 is 2.58 bits per heavy atom. The van der Waals surface area contributed by atoms with Crippen molar-refractivity contribution in [1.82, 2.24) is 4.98 Å². The second-order valence-electron chi connectivity index (χ2n) is 3.73. The summed E-state index contributed by atoms with van der Waals surface area (Å²) < 4.78 is 0. The Hall–Kier alpha value is -2.96. The lowest BCUT2D eigenvalue weighted by molar-refractivity contribution is -0.384. The standard InChI is InChI=1S/C12H8N2O5/c15-11-9(12(16)17)4-5-10(13-11)7-2-1-3-8(6-7)14(18)19/h1-6H,(H,13,15)(H,16,17). The van der Waals surface area contributed by atoms with Crippen molar-refractivity contribution in [3.8, 4) is 11.3 Å². The molecule has 0 amide bonds. The second kappa shape index (κ2) is 4.73. The number of rotatable bonds is 3. The first-order valence-corrected chi connectivity index (χ1v) is 5.20. The van der Waals surface area contributed by atoms with E-state index in [4.69, 9.17) is 5.11 Å². The molecule has 0 spiro atoms. The Morgan fingerprint density at radius 1 is 1.26 bits per heavy atom. The van der Waals surface area contributed by atoms with E-state index in [-0.39, 0.29) is 11.3 Å². The van der Waals surface area contributed by atoms with Crippen molar-refractivity contribution in [2.75, 3.05) is 0 Å². The van der Waals surface area contributed by atoms with E-state index in [9.17, 15) is 19.7 Å². The molecule has 1 heterocycles. The Labute approximate surface area is 106 Å². The van der Waals surface area contributed by atoms with Crippen LogP contribution in [0.3, 0.4) is 0 Å². The molecule has 2 N–H and O–H groups in total. The fourth-order valence-electron chi connectivity index (χ4n) is 1.60. The first-order valence-electron chi connectivity index (χ1n) is 5.20. The number of benzene rings is 1. The monoisotopic (exact) mass is 260 g/mol. The fraction of sp³-hybridized carbons (Fsp3) is 0. The van der Waals surface area contributed by atoms with Crippen molar-refractivity contribution in [3.63, 3.8) is 0 Å². The van der Waals surface area contributed by atoms with Gasteiger partial charge in [0.25, 0.3) is 11.2 Å². The predicted octanol–water partition coefficient (Wildman–Crippen LogP) is 1.65. The first kappa shape index (κ1) is 12.5. The molecule has 1 aromatic carbocycles. The number of nitrogens with one attached hydrogen (secondary N) is 1. The van der Waals surface area contributed by atoms with Crippen LogP contribution >= 0.6 is 0 Å². The molecule has 2 rings (SSSR count). The molecule has 0 unspecified atom stereocenters. The number of carboxylic acids is 1. The zero-order valence-electron chi connectivity index (χ0n) is 9.49. The van der Waals surface area contributed by atoms with E-state index in [0.29, 0.717) is 11.3 Å². The summed E-state index contributed by atoms with van der Waals surface area (Å²) in [6, 6.07) is 8.24. The molecule has 0 saturated heterocycles. The number of non-ortho nitro benzene ring substituents is 1. The molecule has 0 radical (unpaired) electrons. The number of carbonyl (C=O) groups is 1. The molecule has 0 fully saturated rings. The van der Waals surface area contributed by atoms with Gasteiger partial charge in [0.1, 0.15) is 5.56 Å². The summed E-state index contributed by atoms with van der Waals surface area (Å²) in [5, 5.41) is 19.4. The van der Waals surface area contributed by atoms with Gasteiger partial charge < -0.3 is 10.1 Å². The van der Waals surface area contributed by atoms with Gasteiger partial charge in [-0.3, -0.25) is 14.9 Å². The van der Waals surface area contributed by atoms with Crippen LogP contribution in [0.5, 0.6) is 0 Å². The number of hydrogen-bond donors (Lipinski definition) is 2. The Kier molecular flexibility index (Phi) is 3.11. The number of carboxylic acid groups (broad SMARTS) is 1. The van der Waals surface area contributed by atoms with E-state index in [1.54, 1.807) is 6.07 Å². The quantitative estimate of drug-likeness (QED) is 0.643. The van der Waals surface area contributed by atoms with Crippen molar-refractivity contribution in [1.29, 1.82) is 0 Å². The van der Waals surface area contributed by atoms with E-state index < -0.39 is 16.5 Å². The molecule has 7 nitrogen and oxygen atoms in total. The molecule has 0 atom stereocenters. The van der Waals surface area contributed by atoms with Gasteiger partial charge in [-0.2, -0.15) is 0 Å². The molecule has 0 aliphatic rings. The topological polar surface area (TPSA) is 113 Å². The number of pyridine rings is 1. The van der Waals surface area contributed by atoms with E-state index >= 15 is 0 Å². The third-order valence-electron chi connectivity index (χ3n) is 2.51. The molecule has 1 aromatic heterocycles. The molecule has 19 heavy (non-hydrogen) atoms. The van der Waals surface area contributed by atoms with Gasteiger partial charge in [-0.05, 0) is 12.1 Å². The van der Waals surface area contributed by atoms with Gasteiger partial charge in [-0.1, -0.05) is 12.1 Å². The summed E-state index contributed by atoms with van der Waals surface area (Å²) in [6.45, 7) is 0. The molecule has 96 valence electrons. The van der Waals surface area contributed by atoms with E-state index in [1.165, 1.54) is 24.3 Å². The summed E-state index contributed by atoms with van der Waals surface area (Å²) >= 11 is 0. The summed E-state index contributed by atoms with van der Waals surface area (Å²) in [5.41, 5.74) is -0.492. The molecule has 2 aromatic rings. The van der Waals surface area contributed by atoms with E-state index in [1.807, 2.05) is 0 Å². The van der Waals surface area contributed by atoms with Crippen molar-refractivity contribution in [2.45, 2.75) is 0 Å². The number of nitrogens with zero attached hydrogens (tertiary/aromatic N) is 1. The summed E-state index contributed by atoms with van der Waals surface area (Å²) in [7, 11) is 0. The summed E-state index contributed by atoms with van der Waals surface area (Å²) in [6.07, 6.45) is 0. The Bertz CT molecular complexity index is 720. The Morgan fingerprint density at radius 2 is 2.00 bits per heavy atom. The van der Waals surface area contributed by atoms with Gasteiger partial charge in [0.2, 0.25) is 0 Å². The molecule has 0 aliphatic heterocycles. The number of hydrogen-bond acceptors (Lipinski definition) is 4. The number of aromatic amines is 1. The van der Waals surface area contributed by atoms with Crippen LogP contribution in [0.1, 0.15) is 10.4 Å². The zero-order valence-corrected chi connectivity index (χ0v) is 9.49. The number of nitro benzene ring substituents is 1. The van der Waals surface area contributed by atoms with Crippen molar-refractivity contribution in [2.24, 2.45) is 0 Å². The lowest BCUT2D eigenvalue weighted by atomic mass is 10.1. The second-order valence-corrected chi connectivity index (χ2v) is 3.73. The molecular weight excluding hydrogens is 252 g/mol. The largest absolute Gasteiger partial charge is 0.477 e. The normalized spacial score (nSPS) is 10.1. The SMILES string of the molecule is O=C(O)c1ccc(-c2cccc([N+](=O)[O-])c2)[nH]c1=O. The highest BCUT2D eigenvalue weighted by Gasteiger charge is 2.11. The van der Waals surface area contributed by atoms with Gasteiger partial charge in [0.15, 0.2) is 0 Å². The smallest absolute Gasteiger partial charge is 0.341 e. The zero-order chi connectivity index (χ0) is 14.0. The predicted molar refractivity (Wildman–Crippen MR) is 66.1 cm³/mol. The van der Waals surface area contributed by atoms with Crippen LogP contribution < -0.4 is 5.56 Å². The van der Waals surface area contributed by atoms with Gasteiger partial charge in [0, 0.05) is 23.4 Å². The molecule has 7 heteroatoms. The Balaban J connectivity index is 2.51. The minimum atomic E-state index is -1.33. The number of nitro groups is 1. The maximum atomic E-state index is 11.5. The van der Waals surface area contributed by atoms with E-state index in [2.05, 4.69) is 4.98 Å². The molecule has 0 bridgehead atoms. The number of H-pyrrole nitrogens is 1. The van der Waals surface area contributed by atoms with Crippen molar-refractivity contribution in [3.05, 3.63) is 62.4 Å². The third kappa shape index (κ3) is 2.49. The molecule has 0 aliphatic carbocycles. The van der Waals surface area contributed by atoms with Gasteiger partial charge >= 0.3 is 5.97 Å². The highest BCUT2D eigenvalue weighted by Crippen LogP contribution is 2.21. The highest BCUT2D eigenvalue weighted by atomic mass is 16.6. The first-order chi connectivity index (χ1) is 8.99. The van der Waals surface area contributed by atoms with Crippen LogP contribution in [0.2, 0.25) is 0 Å². The minimum Gasteiger partial charge on any atom is -0.477 e. The number of aromatic carboxylic acids is 1. The van der Waals surface area contributed by atoms with Crippen LogP contribution in [-0.2, 0) is 0 Å². The average Bonchev–Trinajstić information content (AvgIpc) is 2.38. The average molecular weight is 260 g/mol. The van der Waals surface area contributed by atoms with Gasteiger partial charge in [-0.15, -0.1) is 0 Å². The van der Waals surface area contributed by atoms with Crippen LogP contribution in [0, 0.1) is 10.1 Å². The highest BCUT2D eigenvalue weighted by molar-refractivity contribution is 5.87. The van der Waals surface area contributed by atoms with Crippen LogP contribution in [0.25, 0.3) is 11.3 Å². The lowest BCUT2D eigenvalue weighted by Gasteiger charge is -2.02. The number of aromatic nitrogens is 1. The lowest BCUT2D eigenvalue weighted by Crippen LogP contribution is -2.17.